The molecule has 2 aliphatic carbocycles. The van der Waals surface area contributed by atoms with Crippen LogP contribution in [0.2, 0.25) is 0 Å². The number of carbonyl (C=O) groups excluding carboxylic acids is 1. The highest BCUT2D eigenvalue weighted by Gasteiger charge is 2.31. The molecule has 4 rings (SSSR count). The Balaban J connectivity index is 1.29. The van der Waals surface area contributed by atoms with Gasteiger partial charge in [-0.1, -0.05) is 51.0 Å². The average molecular weight is 471 g/mol. The lowest BCUT2D eigenvalue weighted by Crippen LogP contribution is -2.40. The number of hydrogen-bond donors (Lipinski definition) is 3. The van der Waals surface area contributed by atoms with E-state index in [1.54, 1.807) is 36.7 Å². The van der Waals surface area contributed by atoms with Gasteiger partial charge in [-0.15, -0.1) is 0 Å². The number of carbonyl (C=O) groups is 1. The lowest BCUT2D eigenvalue weighted by molar-refractivity contribution is 0.179. The zero-order valence-electron chi connectivity index (χ0n) is 19.0. The largest absolute Gasteiger partial charge is 0.334 e. The van der Waals surface area contributed by atoms with Crippen molar-refractivity contribution in [1.82, 2.24) is 15.0 Å². The normalized spacial score (nSPS) is 21.9. The fraction of sp³-hybridized carbons (Fsp3) is 0.520. The first kappa shape index (κ1) is 23.7. The predicted molar refractivity (Wildman–Crippen MR) is 129 cm³/mol. The summed E-state index contributed by atoms with van der Waals surface area (Å²) < 4.78 is 28.9. The molecule has 2 saturated carbocycles. The predicted octanol–water partition coefficient (Wildman–Crippen LogP) is 4.82. The zero-order chi connectivity index (χ0) is 23.1. The maximum absolute atomic E-state index is 13.0. The van der Waals surface area contributed by atoms with Gasteiger partial charge in [0.1, 0.15) is 0 Å². The van der Waals surface area contributed by atoms with E-state index in [1.807, 2.05) is 12.1 Å². The molecule has 2 aliphatic rings. The lowest BCUT2D eigenvalue weighted by atomic mass is 9.72. The van der Waals surface area contributed by atoms with E-state index in [0.29, 0.717) is 18.2 Å². The quantitative estimate of drug-likeness (QED) is 0.540. The molecular formula is C25H34N4O3S. The van der Waals surface area contributed by atoms with E-state index in [-0.39, 0.29) is 17.0 Å². The summed E-state index contributed by atoms with van der Waals surface area (Å²) in [6.07, 6.45) is 14.1. The smallest absolute Gasteiger partial charge is 0.319 e. The monoisotopic (exact) mass is 470 g/mol. The summed E-state index contributed by atoms with van der Waals surface area (Å²) in [5.74, 6) is 1.41. The highest BCUT2D eigenvalue weighted by atomic mass is 32.2. The Morgan fingerprint density at radius 2 is 1.70 bits per heavy atom. The van der Waals surface area contributed by atoms with Crippen LogP contribution in [0.3, 0.4) is 0 Å². The van der Waals surface area contributed by atoms with Gasteiger partial charge in [-0.3, -0.25) is 4.98 Å². The number of rotatable bonds is 7. The van der Waals surface area contributed by atoms with E-state index in [9.17, 15) is 13.2 Å². The van der Waals surface area contributed by atoms with Gasteiger partial charge in [-0.25, -0.2) is 17.9 Å². The number of benzene rings is 1. The fourth-order valence-corrected chi connectivity index (χ4v) is 6.52. The van der Waals surface area contributed by atoms with Gasteiger partial charge < -0.3 is 10.6 Å². The number of nitrogens with one attached hydrogen (secondary N) is 3. The molecule has 2 amide bonds. The van der Waals surface area contributed by atoms with Crippen LogP contribution >= 0.6 is 0 Å². The van der Waals surface area contributed by atoms with Gasteiger partial charge >= 0.3 is 6.03 Å². The lowest BCUT2D eigenvalue weighted by Gasteiger charge is -2.36. The molecule has 0 spiro atoms. The van der Waals surface area contributed by atoms with Crippen LogP contribution in [0.5, 0.6) is 0 Å². The van der Waals surface area contributed by atoms with Crippen LogP contribution in [0.1, 0.15) is 63.4 Å². The molecule has 33 heavy (non-hydrogen) atoms. The van der Waals surface area contributed by atoms with Crippen molar-refractivity contribution in [3.05, 3.63) is 54.4 Å². The van der Waals surface area contributed by atoms with Crippen LogP contribution in [-0.4, -0.2) is 25.5 Å². The molecule has 0 bridgehead atoms. The Kier molecular flexibility index (Phi) is 7.98. The van der Waals surface area contributed by atoms with E-state index in [2.05, 4.69) is 20.3 Å². The van der Waals surface area contributed by atoms with E-state index in [0.717, 1.165) is 30.7 Å². The number of amides is 2. The maximum atomic E-state index is 13.0. The van der Waals surface area contributed by atoms with E-state index < -0.39 is 10.0 Å². The van der Waals surface area contributed by atoms with Gasteiger partial charge in [0.15, 0.2) is 0 Å². The molecule has 0 aliphatic heterocycles. The highest BCUT2D eigenvalue weighted by Crippen LogP contribution is 2.38. The molecule has 178 valence electrons. The second-order valence-corrected chi connectivity index (χ2v) is 11.1. The van der Waals surface area contributed by atoms with Gasteiger partial charge in [0.2, 0.25) is 10.0 Å². The minimum Gasteiger partial charge on any atom is -0.334 e. The van der Waals surface area contributed by atoms with Crippen LogP contribution in [-0.2, 0) is 16.6 Å². The molecule has 2 fully saturated rings. The second kappa shape index (κ2) is 11.1. The number of nitrogens with zero attached hydrogens (tertiary/aromatic N) is 1. The summed E-state index contributed by atoms with van der Waals surface area (Å²) in [6.45, 7) is 0.360. The number of anilines is 1. The number of aromatic nitrogens is 1. The van der Waals surface area contributed by atoms with E-state index in [1.165, 1.54) is 38.5 Å². The van der Waals surface area contributed by atoms with Crippen molar-refractivity contribution in [2.75, 3.05) is 5.32 Å². The molecular weight excluding hydrogens is 436 g/mol. The Labute approximate surface area is 196 Å². The van der Waals surface area contributed by atoms with Gasteiger partial charge in [-0.2, -0.15) is 0 Å². The zero-order valence-corrected chi connectivity index (χ0v) is 19.8. The maximum Gasteiger partial charge on any atom is 0.319 e. The molecule has 2 atom stereocenters. The molecule has 0 saturated heterocycles. The van der Waals surface area contributed by atoms with Crippen LogP contribution < -0.4 is 15.4 Å². The Bertz CT molecular complexity index is 1010. The van der Waals surface area contributed by atoms with Crippen molar-refractivity contribution in [2.24, 2.45) is 11.8 Å². The molecule has 1 heterocycles. The number of sulfonamides is 1. The van der Waals surface area contributed by atoms with Gasteiger partial charge in [-0.05, 0) is 60.6 Å². The SMILES string of the molecule is O=C(NCc1cccnc1)Nc1ccc(S(=O)(=O)NC2CCCC(C3CCCCC3)C2)cc1. The third-order valence-corrected chi connectivity index (χ3v) is 8.49. The Morgan fingerprint density at radius 1 is 0.939 bits per heavy atom. The second-order valence-electron chi connectivity index (χ2n) is 9.34. The summed E-state index contributed by atoms with van der Waals surface area (Å²) in [5, 5.41) is 5.49. The fourth-order valence-electron chi connectivity index (χ4n) is 5.23. The summed E-state index contributed by atoms with van der Waals surface area (Å²) in [7, 11) is -3.59. The molecule has 7 nitrogen and oxygen atoms in total. The Morgan fingerprint density at radius 3 is 2.42 bits per heavy atom. The van der Waals surface area contributed by atoms with Crippen molar-refractivity contribution in [2.45, 2.75) is 75.3 Å². The van der Waals surface area contributed by atoms with Crippen LogP contribution in [0.15, 0.2) is 53.7 Å². The van der Waals surface area contributed by atoms with Crippen molar-refractivity contribution in [3.8, 4) is 0 Å². The van der Waals surface area contributed by atoms with Crippen molar-refractivity contribution >= 4 is 21.7 Å². The Hall–Kier alpha value is -2.45. The third kappa shape index (κ3) is 6.77. The molecule has 1 aromatic carbocycles. The number of pyridine rings is 1. The number of hydrogen-bond acceptors (Lipinski definition) is 4. The highest BCUT2D eigenvalue weighted by molar-refractivity contribution is 7.89. The molecule has 3 N–H and O–H groups in total. The summed E-state index contributed by atoms with van der Waals surface area (Å²) in [4.78, 5) is 16.4. The third-order valence-electron chi connectivity index (χ3n) is 6.95. The van der Waals surface area contributed by atoms with Crippen molar-refractivity contribution in [3.63, 3.8) is 0 Å². The van der Waals surface area contributed by atoms with Crippen molar-refractivity contribution < 1.29 is 13.2 Å². The summed E-state index contributed by atoms with van der Waals surface area (Å²) >= 11 is 0. The molecule has 2 aromatic rings. The van der Waals surface area contributed by atoms with Crippen molar-refractivity contribution in [1.29, 1.82) is 0 Å². The molecule has 2 unspecified atom stereocenters. The first-order valence-corrected chi connectivity index (χ1v) is 13.5. The van der Waals surface area contributed by atoms with Crippen LogP contribution in [0.4, 0.5) is 10.5 Å². The van der Waals surface area contributed by atoms with Crippen LogP contribution in [0, 0.1) is 11.8 Å². The first-order chi connectivity index (χ1) is 16.0. The van der Waals surface area contributed by atoms with Gasteiger partial charge in [0.25, 0.3) is 0 Å². The van der Waals surface area contributed by atoms with E-state index in [4.69, 9.17) is 0 Å². The topological polar surface area (TPSA) is 100 Å². The average Bonchev–Trinajstić information content (AvgIpc) is 2.84. The summed E-state index contributed by atoms with van der Waals surface area (Å²) in [6, 6.07) is 9.65. The van der Waals surface area contributed by atoms with Crippen LogP contribution in [0.25, 0.3) is 0 Å². The standard InChI is InChI=1S/C25H34N4O3S/c30-25(27-18-19-6-5-15-26-17-19)28-22-11-13-24(14-12-22)33(31,32)29-23-10-4-9-21(16-23)20-7-2-1-3-8-20/h5-6,11-15,17,20-21,23,29H,1-4,7-10,16,18H2,(H2,27,28,30). The molecule has 0 radical (unpaired) electrons. The minimum absolute atomic E-state index is 0.00623. The number of urea groups is 1. The molecule has 1 aromatic heterocycles. The molecule has 8 heteroatoms. The van der Waals surface area contributed by atoms with Gasteiger partial charge in [0, 0.05) is 30.7 Å². The van der Waals surface area contributed by atoms with Gasteiger partial charge in [0.05, 0.1) is 4.90 Å². The first-order valence-electron chi connectivity index (χ1n) is 12.1. The van der Waals surface area contributed by atoms with E-state index >= 15 is 0 Å². The summed E-state index contributed by atoms with van der Waals surface area (Å²) in [5.41, 5.74) is 1.43. The minimum atomic E-state index is -3.59.